The fourth-order valence-corrected chi connectivity index (χ4v) is 2.55. The van der Waals surface area contributed by atoms with Crippen molar-refractivity contribution < 1.29 is 13.6 Å². The van der Waals surface area contributed by atoms with E-state index >= 15 is 0 Å². The molecule has 1 aliphatic heterocycles. The van der Waals surface area contributed by atoms with E-state index in [4.69, 9.17) is 0 Å². The average Bonchev–Trinajstić information content (AvgIpc) is 2.71. The van der Waals surface area contributed by atoms with E-state index < -0.39 is 11.6 Å². The number of carbonyl (C=O) groups excluding carboxylic acids is 1. The van der Waals surface area contributed by atoms with E-state index in [2.05, 4.69) is 18.7 Å². The average molecular weight is 267 g/mol. The normalized spacial score (nSPS) is 25.5. The molecule has 2 nitrogen and oxygen atoms in total. The van der Waals surface area contributed by atoms with Gasteiger partial charge < -0.3 is 0 Å². The summed E-state index contributed by atoms with van der Waals surface area (Å²) in [7, 11) is 0. The lowest BCUT2D eigenvalue weighted by Crippen LogP contribution is -2.37. The third-order valence-corrected chi connectivity index (χ3v) is 4.15. The second-order valence-electron chi connectivity index (χ2n) is 5.58. The molecule has 19 heavy (non-hydrogen) atoms. The quantitative estimate of drug-likeness (QED) is 0.784. The van der Waals surface area contributed by atoms with E-state index in [9.17, 15) is 13.6 Å². The van der Waals surface area contributed by atoms with Gasteiger partial charge in [0.2, 0.25) is 0 Å². The smallest absolute Gasteiger partial charge is 0.179 e. The Morgan fingerprint density at radius 2 is 1.79 bits per heavy atom. The summed E-state index contributed by atoms with van der Waals surface area (Å²) in [5.41, 5.74) is 0.235. The van der Waals surface area contributed by atoms with Crippen molar-refractivity contribution in [3.8, 4) is 0 Å². The maximum Gasteiger partial charge on any atom is 0.179 e. The Morgan fingerprint density at radius 3 is 2.32 bits per heavy atom. The summed E-state index contributed by atoms with van der Waals surface area (Å²) in [6.45, 7) is 7.91. The van der Waals surface area contributed by atoms with Gasteiger partial charge in [-0.15, -0.1) is 0 Å². The number of nitrogens with zero attached hydrogens (tertiary/aromatic N) is 1. The molecular weight excluding hydrogens is 248 g/mol. The number of Topliss-reactive ketones (excluding diaryl/α,β-unsaturated/α-hetero) is 1. The topological polar surface area (TPSA) is 20.3 Å². The van der Waals surface area contributed by atoms with Gasteiger partial charge in [0.05, 0.1) is 6.04 Å². The Kier molecular flexibility index (Phi) is 3.99. The molecule has 1 saturated heterocycles. The molecular formula is C15H19F2NO. The molecule has 1 heterocycles. The van der Waals surface area contributed by atoms with Crippen LogP contribution in [0.5, 0.6) is 0 Å². The number of likely N-dealkylation sites (tertiary alicyclic amines) is 1. The highest BCUT2D eigenvalue weighted by atomic mass is 19.2. The van der Waals surface area contributed by atoms with Gasteiger partial charge in [0, 0.05) is 18.7 Å². The summed E-state index contributed by atoms with van der Waals surface area (Å²) in [6.07, 6.45) is 0. The molecule has 104 valence electrons. The summed E-state index contributed by atoms with van der Waals surface area (Å²) in [4.78, 5) is 14.4. The summed E-state index contributed by atoms with van der Waals surface area (Å²) in [5, 5.41) is 0. The number of carbonyl (C=O) groups is 1. The number of rotatable bonds is 3. The maximum absolute atomic E-state index is 13.2. The number of halogens is 2. The molecule has 0 N–H and O–H groups in total. The van der Waals surface area contributed by atoms with Crippen LogP contribution in [-0.4, -0.2) is 29.8 Å². The monoisotopic (exact) mass is 267 g/mol. The number of hydrogen-bond donors (Lipinski definition) is 0. The van der Waals surface area contributed by atoms with Gasteiger partial charge in [-0.05, 0) is 37.0 Å². The molecule has 0 aliphatic carbocycles. The van der Waals surface area contributed by atoms with Crippen LogP contribution in [0.25, 0.3) is 0 Å². The minimum atomic E-state index is -0.971. The predicted molar refractivity (Wildman–Crippen MR) is 70.1 cm³/mol. The van der Waals surface area contributed by atoms with Gasteiger partial charge in [0.15, 0.2) is 17.4 Å². The fourth-order valence-electron chi connectivity index (χ4n) is 2.55. The van der Waals surface area contributed by atoms with Gasteiger partial charge in [-0.3, -0.25) is 9.69 Å². The molecule has 0 spiro atoms. The molecule has 3 unspecified atom stereocenters. The van der Waals surface area contributed by atoms with Crippen LogP contribution >= 0.6 is 0 Å². The van der Waals surface area contributed by atoms with Crippen molar-refractivity contribution in [2.24, 2.45) is 11.8 Å². The second kappa shape index (κ2) is 5.37. The van der Waals surface area contributed by atoms with E-state index in [1.165, 1.54) is 6.07 Å². The molecule has 0 bridgehead atoms. The molecule has 1 aliphatic rings. The Hall–Kier alpha value is -1.29. The summed E-state index contributed by atoms with van der Waals surface area (Å²) >= 11 is 0. The zero-order valence-electron chi connectivity index (χ0n) is 11.5. The lowest BCUT2D eigenvalue weighted by atomic mass is 10.0. The fraction of sp³-hybridized carbons (Fsp3) is 0.533. The third-order valence-electron chi connectivity index (χ3n) is 4.15. The van der Waals surface area contributed by atoms with Crippen LogP contribution in [0.15, 0.2) is 18.2 Å². The molecule has 1 aromatic rings. The van der Waals surface area contributed by atoms with Crippen molar-refractivity contribution >= 4 is 5.78 Å². The van der Waals surface area contributed by atoms with E-state index in [1.807, 2.05) is 6.92 Å². The van der Waals surface area contributed by atoms with E-state index in [1.54, 1.807) is 0 Å². The minimum Gasteiger partial charge on any atom is -0.293 e. The Morgan fingerprint density at radius 1 is 1.21 bits per heavy atom. The third kappa shape index (κ3) is 2.84. The Balaban J connectivity index is 2.13. The first-order valence-corrected chi connectivity index (χ1v) is 6.63. The zero-order chi connectivity index (χ0) is 14.2. The van der Waals surface area contributed by atoms with Crippen molar-refractivity contribution in [1.82, 2.24) is 4.90 Å². The van der Waals surface area contributed by atoms with E-state index in [0.717, 1.165) is 25.2 Å². The molecule has 0 amide bonds. The molecule has 2 rings (SSSR count). The van der Waals surface area contributed by atoms with Crippen LogP contribution < -0.4 is 0 Å². The highest BCUT2D eigenvalue weighted by molar-refractivity contribution is 5.99. The van der Waals surface area contributed by atoms with Gasteiger partial charge in [-0.1, -0.05) is 13.8 Å². The van der Waals surface area contributed by atoms with E-state index in [-0.39, 0.29) is 17.4 Å². The lowest BCUT2D eigenvalue weighted by molar-refractivity contribution is 0.0861. The number of hydrogen-bond acceptors (Lipinski definition) is 2. The Bertz CT molecular complexity index is 479. The van der Waals surface area contributed by atoms with Crippen LogP contribution in [0.1, 0.15) is 31.1 Å². The van der Waals surface area contributed by atoms with Crippen LogP contribution in [0, 0.1) is 23.5 Å². The Labute approximate surface area is 112 Å². The van der Waals surface area contributed by atoms with Crippen LogP contribution in [0.3, 0.4) is 0 Å². The maximum atomic E-state index is 13.2. The molecule has 0 saturated carbocycles. The molecule has 0 aromatic heterocycles. The van der Waals surface area contributed by atoms with Crippen LogP contribution in [-0.2, 0) is 0 Å². The van der Waals surface area contributed by atoms with Gasteiger partial charge in [0.1, 0.15) is 0 Å². The van der Waals surface area contributed by atoms with Crippen molar-refractivity contribution in [2.45, 2.75) is 26.8 Å². The van der Waals surface area contributed by atoms with Gasteiger partial charge in [-0.2, -0.15) is 0 Å². The standard InChI is InChI=1S/C15H19F2NO/c1-9-7-18(8-10(9)2)11(3)15(19)12-4-5-13(16)14(17)6-12/h4-6,9-11H,7-8H2,1-3H3. The SMILES string of the molecule is CC1CN(C(C)C(=O)c2ccc(F)c(F)c2)CC1C. The first-order valence-electron chi connectivity index (χ1n) is 6.63. The first kappa shape index (κ1) is 14.1. The van der Waals surface area contributed by atoms with Gasteiger partial charge in [-0.25, -0.2) is 8.78 Å². The van der Waals surface area contributed by atoms with Crippen molar-refractivity contribution in [3.05, 3.63) is 35.4 Å². The summed E-state index contributed by atoms with van der Waals surface area (Å²) in [5.74, 6) is -0.936. The largest absolute Gasteiger partial charge is 0.293 e. The minimum absolute atomic E-state index is 0.153. The lowest BCUT2D eigenvalue weighted by Gasteiger charge is -2.23. The highest BCUT2D eigenvalue weighted by Gasteiger charge is 2.32. The van der Waals surface area contributed by atoms with Crippen LogP contribution in [0.2, 0.25) is 0 Å². The molecule has 3 atom stereocenters. The van der Waals surface area contributed by atoms with Gasteiger partial charge >= 0.3 is 0 Å². The van der Waals surface area contributed by atoms with Gasteiger partial charge in [0.25, 0.3) is 0 Å². The number of ketones is 1. The van der Waals surface area contributed by atoms with Crippen LogP contribution in [0.4, 0.5) is 8.78 Å². The first-order chi connectivity index (χ1) is 8.90. The summed E-state index contributed by atoms with van der Waals surface area (Å²) in [6, 6.07) is 3.04. The molecule has 4 heteroatoms. The number of benzene rings is 1. The summed E-state index contributed by atoms with van der Waals surface area (Å²) < 4.78 is 26.0. The van der Waals surface area contributed by atoms with Crippen molar-refractivity contribution in [1.29, 1.82) is 0 Å². The van der Waals surface area contributed by atoms with Crippen molar-refractivity contribution in [3.63, 3.8) is 0 Å². The second-order valence-corrected chi connectivity index (χ2v) is 5.58. The highest BCUT2D eigenvalue weighted by Crippen LogP contribution is 2.25. The molecule has 1 aromatic carbocycles. The molecule has 0 radical (unpaired) electrons. The van der Waals surface area contributed by atoms with Crippen molar-refractivity contribution in [2.75, 3.05) is 13.1 Å². The zero-order valence-corrected chi connectivity index (χ0v) is 11.5. The van der Waals surface area contributed by atoms with E-state index in [0.29, 0.717) is 11.8 Å². The molecule has 1 fully saturated rings. The predicted octanol–water partition coefficient (Wildman–Crippen LogP) is 3.12.